The number of hydrogen-bond donors (Lipinski definition) is 0. The Balaban J connectivity index is 2.24. The monoisotopic (exact) mass is 320 g/mol. The van der Waals surface area contributed by atoms with E-state index in [0.29, 0.717) is 13.1 Å². The minimum atomic E-state index is -0.583. The first-order valence-corrected chi connectivity index (χ1v) is 7.37. The highest BCUT2D eigenvalue weighted by atomic mass is 16.6. The topological polar surface area (TPSA) is 99.1 Å². The highest BCUT2D eigenvalue weighted by molar-refractivity contribution is 5.95. The third-order valence-corrected chi connectivity index (χ3v) is 3.59. The van der Waals surface area contributed by atoms with E-state index in [9.17, 15) is 14.9 Å². The number of rotatable bonds is 6. The molecule has 0 aliphatic carbocycles. The lowest BCUT2D eigenvalue weighted by atomic mass is 10.2. The Hall–Kier alpha value is -2.71. The molecule has 23 heavy (non-hydrogen) atoms. The lowest BCUT2D eigenvalue weighted by Crippen LogP contribution is -2.27. The Morgan fingerprint density at radius 2 is 1.87 bits per heavy atom. The molecule has 0 aliphatic heterocycles. The number of aryl methyl sites for hydroxylation is 3. The zero-order valence-corrected chi connectivity index (χ0v) is 13.7. The Bertz CT molecular complexity index is 733. The van der Waals surface area contributed by atoms with E-state index in [1.165, 1.54) is 15.8 Å². The molecule has 0 spiro atoms. The number of nitrogens with zero attached hydrogens (tertiary/aromatic N) is 6. The third kappa shape index (κ3) is 3.38. The fraction of sp³-hybridized carbons (Fsp3) is 0.500. The first kappa shape index (κ1) is 16.7. The molecule has 9 heteroatoms. The van der Waals surface area contributed by atoms with Crippen LogP contribution in [0.2, 0.25) is 0 Å². The molecule has 0 N–H and O–H groups in total. The molecule has 0 saturated heterocycles. The van der Waals surface area contributed by atoms with Crippen molar-refractivity contribution in [3.05, 3.63) is 39.5 Å². The summed E-state index contributed by atoms with van der Waals surface area (Å²) < 4.78 is 3.18. The largest absolute Gasteiger partial charge is 0.336 e. The van der Waals surface area contributed by atoms with E-state index >= 15 is 0 Å². The first-order valence-electron chi connectivity index (χ1n) is 7.37. The minimum Gasteiger partial charge on any atom is -0.336 e. The van der Waals surface area contributed by atoms with Crippen molar-refractivity contribution in [3.63, 3.8) is 0 Å². The lowest BCUT2D eigenvalue weighted by Gasteiger charge is -2.15. The minimum absolute atomic E-state index is 0.139. The molecule has 1 amide bonds. The van der Waals surface area contributed by atoms with Gasteiger partial charge in [0.15, 0.2) is 0 Å². The van der Waals surface area contributed by atoms with Crippen LogP contribution in [-0.2, 0) is 19.6 Å². The quantitative estimate of drug-likeness (QED) is 0.594. The Kier molecular flexibility index (Phi) is 4.77. The van der Waals surface area contributed by atoms with Crippen molar-refractivity contribution in [1.82, 2.24) is 24.5 Å². The SMILES string of the molecule is CCn1cc(CN(C)C(=O)c2nn(CC)cc2[N+](=O)[O-])c(C)n1. The molecule has 0 saturated carbocycles. The summed E-state index contributed by atoms with van der Waals surface area (Å²) in [4.78, 5) is 24.4. The highest BCUT2D eigenvalue weighted by Gasteiger charge is 2.28. The van der Waals surface area contributed by atoms with Gasteiger partial charge < -0.3 is 4.90 Å². The summed E-state index contributed by atoms with van der Waals surface area (Å²) in [5.41, 5.74) is 1.32. The molecule has 124 valence electrons. The second-order valence-corrected chi connectivity index (χ2v) is 5.23. The Labute approximate surface area is 133 Å². The van der Waals surface area contributed by atoms with E-state index in [1.807, 2.05) is 20.0 Å². The number of hydrogen-bond acceptors (Lipinski definition) is 5. The zero-order chi connectivity index (χ0) is 17.1. The molecule has 2 aromatic heterocycles. The molecule has 2 rings (SSSR count). The van der Waals surface area contributed by atoms with Gasteiger partial charge in [-0.25, -0.2) is 0 Å². The molecule has 0 fully saturated rings. The number of nitro groups is 1. The van der Waals surface area contributed by atoms with Crippen molar-refractivity contribution >= 4 is 11.6 Å². The summed E-state index contributed by atoms with van der Waals surface area (Å²) in [6.45, 7) is 7.17. The maximum Gasteiger partial charge on any atom is 0.320 e. The van der Waals surface area contributed by atoms with Crippen molar-refractivity contribution < 1.29 is 9.72 Å². The number of amides is 1. The summed E-state index contributed by atoms with van der Waals surface area (Å²) in [7, 11) is 1.60. The summed E-state index contributed by atoms with van der Waals surface area (Å²) >= 11 is 0. The summed E-state index contributed by atoms with van der Waals surface area (Å²) in [5.74, 6) is -0.479. The molecule has 9 nitrogen and oxygen atoms in total. The van der Waals surface area contributed by atoms with Gasteiger partial charge in [-0.15, -0.1) is 0 Å². The molecule has 0 aromatic carbocycles. The van der Waals surface area contributed by atoms with Crippen molar-refractivity contribution in [1.29, 1.82) is 0 Å². The van der Waals surface area contributed by atoms with Crippen LogP contribution in [-0.4, -0.2) is 42.3 Å². The van der Waals surface area contributed by atoms with Gasteiger partial charge in [-0.05, 0) is 20.8 Å². The van der Waals surface area contributed by atoms with Crippen molar-refractivity contribution in [2.45, 2.75) is 40.4 Å². The maximum absolute atomic E-state index is 12.5. The van der Waals surface area contributed by atoms with Gasteiger partial charge in [-0.2, -0.15) is 10.2 Å². The fourth-order valence-corrected chi connectivity index (χ4v) is 2.24. The van der Waals surface area contributed by atoms with Gasteiger partial charge >= 0.3 is 5.69 Å². The van der Waals surface area contributed by atoms with Crippen molar-refractivity contribution in [2.75, 3.05) is 7.05 Å². The van der Waals surface area contributed by atoms with Crippen LogP contribution in [0.4, 0.5) is 5.69 Å². The molecule has 0 aliphatic rings. The molecule has 0 unspecified atom stereocenters. The van der Waals surface area contributed by atoms with E-state index in [2.05, 4.69) is 10.2 Å². The Morgan fingerprint density at radius 1 is 1.26 bits per heavy atom. The Morgan fingerprint density at radius 3 is 2.39 bits per heavy atom. The predicted octanol–water partition coefficient (Wildman–Crippen LogP) is 1.61. The van der Waals surface area contributed by atoms with E-state index in [4.69, 9.17) is 0 Å². The molecule has 0 bridgehead atoms. The fourth-order valence-electron chi connectivity index (χ4n) is 2.24. The third-order valence-electron chi connectivity index (χ3n) is 3.59. The van der Waals surface area contributed by atoms with Crippen molar-refractivity contribution in [2.24, 2.45) is 0 Å². The van der Waals surface area contributed by atoms with E-state index < -0.39 is 10.8 Å². The van der Waals surface area contributed by atoms with Crippen LogP contribution in [0.3, 0.4) is 0 Å². The van der Waals surface area contributed by atoms with Gasteiger partial charge in [0, 0.05) is 38.4 Å². The van der Waals surface area contributed by atoms with E-state index in [1.54, 1.807) is 18.7 Å². The summed E-state index contributed by atoms with van der Waals surface area (Å²) in [6.07, 6.45) is 3.15. The number of carbonyl (C=O) groups excluding carboxylic acids is 1. The maximum atomic E-state index is 12.5. The highest BCUT2D eigenvalue weighted by Crippen LogP contribution is 2.19. The summed E-state index contributed by atoms with van der Waals surface area (Å²) in [5, 5.41) is 19.4. The number of aromatic nitrogens is 4. The second-order valence-electron chi connectivity index (χ2n) is 5.23. The molecule has 0 atom stereocenters. The van der Waals surface area contributed by atoms with Gasteiger partial charge in [0.05, 0.1) is 10.6 Å². The normalized spacial score (nSPS) is 10.8. The van der Waals surface area contributed by atoms with Gasteiger partial charge in [0.25, 0.3) is 5.91 Å². The molecule has 2 heterocycles. The lowest BCUT2D eigenvalue weighted by molar-refractivity contribution is -0.385. The van der Waals surface area contributed by atoms with Gasteiger partial charge in [-0.3, -0.25) is 24.3 Å². The van der Waals surface area contributed by atoms with Gasteiger partial charge in [0.1, 0.15) is 6.20 Å². The molecule has 0 radical (unpaired) electrons. The van der Waals surface area contributed by atoms with Crippen LogP contribution in [0.5, 0.6) is 0 Å². The first-order chi connectivity index (χ1) is 10.9. The van der Waals surface area contributed by atoms with Crippen LogP contribution in [0.1, 0.15) is 35.6 Å². The summed E-state index contributed by atoms with van der Waals surface area (Å²) in [6, 6.07) is 0. The standard InChI is InChI=1S/C14H20N6O3/c1-5-18-8-11(10(3)15-18)7-17(4)14(21)13-12(20(22)23)9-19(6-2)16-13/h8-9H,5-7H2,1-4H3. The molecular formula is C14H20N6O3. The van der Waals surface area contributed by atoms with Crippen LogP contribution < -0.4 is 0 Å². The van der Waals surface area contributed by atoms with Gasteiger partial charge in [-0.1, -0.05) is 0 Å². The smallest absolute Gasteiger partial charge is 0.320 e. The number of carbonyl (C=O) groups is 1. The van der Waals surface area contributed by atoms with E-state index in [-0.39, 0.29) is 11.4 Å². The van der Waals surface area contributed by atoms with Gasteiger partial charge in [0.2, 0.25) is 5.69 Å². The zero-order valence-electron chi connectivity index (χ0n) is 13.7. The van der Waals surface area contributed by atoms with Crippen LogP contribution in [0.25, 0.3) is 0 Å². The van der Waals surface area contributed by atoms with E-state index in [0.717, 1.165) is 17.8 Å². The molecular weight excluding hydrogens is 300 g/mol. The molecule has 2 aromatic rings. The average molecular weight is 320 g/mol. The van der Waals surface area contributed by atoms with Crippen LogP contribution >= 0.6 is 0 Å². The van der Waals surface area contributed by atoms with Crippen LogP contribution in [0, 0.1) is 17.0 Å². The predicted molar refractivity (Wildman–Crippen MR) is 83.0 cm³/mol. The average Bonchev–Trinajstić information content (AvgIpc) is 3.10. The van der Waals surface area contributed by atoms with Crippen molar-refractivity contribution in [3.8, 4) is 0 Å². The second kappa shape index (κ2) is 6.59. The van der Waals surface area contributed by atoms with Crippen LogP contribution in [0.15, 0.2) is 12.4 Å².